The summed E-state index contributed by atoms with van der Waals surface area (Å²) < 4.78 is 25.2. The van der Waals surface area contributed by atoms with Gasteiger partial charge in [0, 0.05) is 40.1 Å². The number of hydrogen-bond donors (Lipinski definition) is 1. The Hall–Kier alpha value is -2.03. The zero-order valence-electron chi connectivity index (χ0n) is 12.5. The molecule has 2 atom stereocenters. The Labute approximate surface area is 132 Å². The number of nitrogens with zero attached hydrogens (tertiary/aromatic N) is 1. The molecule has 1 N–H and O–H groups in total. The largest absolute Gasteiger partial charge is 0.306 e. The quantitative estimate of drug-likeness (QED) is 0.921. The average Bonchev–Trinajstić information content (AvgIpc) is 2.53. The molecule has 0 aliphatic heterocycles. The van der Waals surface area contributed by atoms with E-state index in [1.807, 2.05) is 37.3 Å². The van der Waals surface area contributed by atoms with E-state index in [9.17, 15) is 8.60 Å². The van der Waals surface area contributed by atoms with Gasteiger partial charge in [-0.3, -0.25) is 4.21 Å². The van der Waals surface area contributed by atoms with Crippen molar-refractivity contribution in [2.75, 3.05) is 6.26 Å². The normalized spacial score (nSPS) is 13.4. The summed E-state index contributed by atoms with van der Waals surface area (Å²) in [5, 5.41) is 12.0. The molecule has 0 aliphatic carbocycles. The lowest BCUT2D eigenvalue weighted by molar-refractivity contribution is 0.544. The molecule has 2 aromatic rings. The lowest BCUT2D eigenvalue weighted by Crippen LogP contribution is -2.18. The minimum atomic E-state index is -0.987. The highest BCUT2D eigenvalue weighted by Gasteiger charge is 2.08. The first-order valence-electron chi connectivity index (χ1n) is 6.86. The summed E-state index contributed by atoms with van der Waals surface area (Å²) in [6.07, 6.45) is 1.64. The van der Waals surface area contributed by atoms with Crippen LogP contribution in [0.2, 0.25) is 0 Å². The van der Waals surface area contributed by atoms with Crippen LogP contribution in [0.3, 0.4) is 0 Å². The van der Waals surface area contributed by atoms with E-state index >= 15 is 0 Å². The van der Waals surface area contributed by atoms with Gasteiger partial charge in [0.1, 0.15) is 5.82 Å². The zero-order valence-corrected chi connectivity index (χ0v) is 13.3. The van der Waals surface area contributed by atoms with Crippen molar-refractivity contribution in [3.8, 4) is 6.07 Å². The van der Waals surface area contributed by atoms with Crippen LogP contribution < -0.4 is 5.32 Å². The van der Waals surface area contributed by atoms with Crippen molar-refractivity contribution < 1.29 is 8.60 Å². The van der Waals surface area contributed by atoms with Gasteiger partial charge in [-0.05, 0) is 36.8 Å². The van der Waals surface area contributed by atoms with Crippen LogP contribution in [0.1, 0.15) is 29.7 Å². The Kier molecular flexibility index (Phi) is 5.42. The van der Waals surface area contributed by atoms with E-state index in [1.165, 1.54) is 6.07 Å². The SMILES string of the molecule is C[C@H](NCc1ccc(C#N)cc1F)c1ccc([S@](C)=O)cc1. The smallest absolute Gasteiger partial charge is 0.129 e. The lowest BCUT2D eigenvalue weighted by atomic mass is 10.1. The lowest BCUT2D eigenvalue weighted by Gasteiger charge is -2.15. The highest BCUT2D eigenvalue weighted by Crippen LogP contribution is 2.16. The molecule has 5 heteroatoms. The molecule has 22 heavy (non-hydrogen) atoms. The summed E-state index contributed by atoms with van der Waals surface area (Å²) in [4.78, 5) is 0.786. The molecule has 0 fully saturated rings. The maximum atomic E-state index is 13.8. The molecule has 0 bridgehead atoms. The van der Waals surface area contributed by atoms with Crippen molar-refractivity contribution in [3.63, 3.8) is 0 Å². The molecular weight excluding hydrogens is 299 g/mol. The number of hydrogen-bond acceptors (Lipinski definition) is 3. The van der Waals surface area contributed by atoms with Gasteiger partial charge in [-0.2, -0.15) is 5.26 Å². The maximum absolute atomic E-state index is 13.8. The number of nitriles is 1. The topological polar surface area (TPSA) is 52.9 Å². The van der Waals surface area contributed by atoms with Crippen LogP contribution in [0.4, 0.5) is 4.39 Å². The van der Waals surface area contributed by atoms with E-state index in [4.69, 9.17) is 5.26 Å². The van der Waals surface area contributed by atoms with E-state index in [0.29, 0.717) is 17.7 Å². The molecule has 2 aromatic carbocycles. The summed E-state index contributed by atoms with van der Waals surface area (Å²) in [5.41, 5.74) is 1.89. The average molecular weight is 316 g/mol. The van der Waals surface area contributed by atoms with Gasteiger partial charge in [0.25, 0.3) is 0 Å². The Morgan fingerprint density at radius 2 is 1.95 bits per heavy atom. The summed E-state index contributed by atoms with van der Waals surface area (Å²) in [7, 11) is -0.987. The van der Waals surface area contributed by atoms with Crippen molar-refractivity contribution in [2.45, 2.75) is 24.4 Å². The minimum absolute atomic E-state index is 0.0365. The second-order valence-corrected chi connectivity index (χ2v) is 6.42. The molecule has 0 heterocycles. The maximum Gasteiger partial charge on any atom is 0.129 e. The van der Waals surface area contributed by atoms with E-state index in [-0.39, 0.29) is 11.9 Å². The molecule has 0 amide bonds. The predicted molar refractivity (Wildman–Crippen MR) is 85.1 cm³/mol. The summed E-state index contributed by atoms with van der Waals surface area (Å²) in [6.45, 7) is 2.36. The van der Waals surface area contributed by atoms with Gasteiger partial charge in [-0.1, -0.05) is 18.2 Å². The standard InChI is InChI=1S/C17H17FN2OS/c1-12(14-5-7-16(8-6-14)22(2)21)20-11-15-4-3-13(10-19)9-17(15)18/h3-9,12,20H,11H2,1-2H3/t12-,22-/m0/s1. The summed E-state index contributed by atoms with van der Waals surface area (Å²) in [5.74, 6) is -0.379. The van der Waals surface area contributed by atoms with Crippen molar-refractivity contribution in [1.29, 1.82) is 5.26 Å². The van der Waals surface area contributed by atoms with Gasteiger partial charge >= 0.3 is 0 Å². The summed E-state index contributed by atoms with van der Waals surface area (Å²) in [6, 6.07) is 13.9. The fourth-order valence-corrected chi connectivity index (χ4v) is 2.61. The Morgan fingerprint density at radius 1 is 1.27 bits per heavy atom. The number of nitrogens with one attached hydrogen (secondary N) is 1. The molecule has 3 nitrogen and oxygen atoms in total. The van der Waals surface area contributed by atoms with Gasteiger partial charge < -0.3 is 5.32 Å². The van der Waals surface area contributed by atoms with Crippen LogP contribution in [0.5, 0.6) is 0 Å². The van der Waals surface area contributed by atoms with E-state index in [0.717, 1.165) is 10.5 Å². The third kappa shape index (κ3) is 4.00. The number of benzene rings is 2. The first kappa shape index (κ1) is 16.3. The number of halogens is 1. The highest BCUT2D eigenvalue weighted by atomic mass is 32.2. The van der Waals surface area contributed by atoms with Crippen LogP contribution in [0, 0.1) is 17.1 Å². The fraction of sp³-hybridized carbons (Fsp3) is 0.235. The molecule has 2 rings (SSSR count). The Bertz CT molecular complexity index is 722. The highest BCUT2D eigenvalue weighted by molar-refractivity contribution is 7.84. The van der Waals surface area contributed by atoms with Crippen molar-refractivity contribution in [1.82, 2.24) is 5.32 Å². The van der Waals surface area contributed by atoms with Crippen LogP contribution >= 0.6 is 0 Å². The Balaban J connectivity index is 2.02. The Morgan fingerprint density at radius 3 is 2.50 bits per heavy atom. The fourth-order valence-electron chi connectivity index (χ4n) is 2.09. The van der Waals surface area contributed by atoms with Gasteiger partial charge in [0.15, 0.2) is 0 Å². The molecule has 0 aromatic heterocycles. The van der Waals surface area contributed by atoms with Crippen molar-refractivity contribution in [2.24, 2.45) is 0 Å². The minimum Gasteiger partial charge on any atom is -0.306 e. The van der Waals surface area contributed by atoms with E-state index in [1.54, 1.807) is 18.4 Å². The first-order chi connectivity index (χ1) is 10.5. The third-order valence-corrected chi connectivity index (χ3v) is 4.43. The van der Waals surface area contributed by atoms with Crippen LogP contribution in [0.15, 0.2) is 47.4 Å². The van der Waals surface area contributed by atoms with Crippen molar-refractivity contribution >= 4 is 10.8 Å². The molecule has 0 radical (unpaired) electrons. The molecule has 0 spiro atoms. The van der Waals surface area contributed by atoms with E-state index in [2.05, 4.69) is 5.32 Å². The molecule has 0 aliphatic rings. The van der Waals surface area contributed by atoms with Crippen molar-refractivity contribution in [3.05, 3.63) is 65.0 Å². The predicted octanol–water partition coefficient (Wildman–Crippen LogP) is 3.29. The van der Waals surface area contributed by atoms with Crippen LogP contribution in [-0.2, 0) is 17.3 Å². The van der Waals surface area contributed by atoms with Gasteiger partial charge in [-0.15, -0.1) is 0 Å². The monoisotopic (exact) mass is 316 g/mol. The first-order valence-corrected chi connectivity index (χ1v) is 8.42. The zero-order chi connectivity index (χ0) is 16.1. The second-order valence-electron chi connectivity index (χ2n) is 5.04. The van der Waals surface area contributed by atoms with E-state index < -0.39 is 10.8 Å². The molecular formula is C17H17FN2OS. The molecule has 114 valence electrons. The second kappa shape index (κ2) is 7.30. The van der Waals surface area contributed by atoms with Gasteiger partial charge in [0.2, 0.25) is 0 Å². The third-order valence-electron chi connectivity index (χ3n) is 3.49. The molecule has 0 saturated heterocycles. The van der Waals surface area contributed by atoms with Crippen LogP contribution in [-0.4, -0.2) is 10.5 Å². The number of rotatable bonds is 5. The van der Waals surface area contributed by atoms with Crippen LogP contribution in [0.25, 0.3) is 0 Å². The molecule has 0 unspecified atom stereocenters. The van der Waals surface area contributed by atoms with Gasteiger partial charge in [-0.25, -0.2) is 4.39 Å². The molecule has 0 saturated carbocycles. The summed E-state index contributed by atoms with van der Waals surface area (Å²) >= 11 is 0. The van der Waals surface area contributed by atoms with Gasteiger partial charge in [0.05, 0.1) is 11.6 Å².